The summed E-state index contributed by atoms with van der Waals surface area (Å²) >= 11 is 0. The van der Waals surface area contributed by atoms with Gasteiger partial charge in [0.15, 0.2) is 11.6 Å². The molecular formula is C18H16FNO4S. The molecule has 0 aliphatic carbocycles. The zero-order valence-electron chi connectivity index (χ0n) is 13.5. The highest BCUT2D eigenvalue weighted by Gasteiger charge is 2.23. The molecule has 3 aromatic rings. The second-order valence-corrected chi connectivity index (χ2v) is 7.84. The van der Waals surface area contributed by atoms with Gasteiger partial charge in [-0.05, 0) is 49.4 Å². The molecule has 0 radical (unpaired) electrons. The van der Waals surface area contributed by atoms with Crippen molar-refractivity contribution in [3.05, 3.63) is 53.5 Å². The second kappa shape index (κ2) is 5.86. The normalized spacial score (nSPS) is 14.5. The topological polar surface area (TPSA) is 68.5 Å². The quantitative estimate of drug-likeness (QED) is 0.777. The first-order valence-electron chi connectivity index (χ1n) is 7.84. The van der Waals surface area contributed by atoms with Crippen molar-refractivity contribution in [1.82, 2.24) is 5.32 Å². The highest BCUT2D eigenvalue weighted by molar-refractivity contribution is 7.91. The number of sulfone groups is 1. The number of ether oxygens (including phenoxy) is 1. The van der Waals surface area contributed by atoms with Crippen LogP contribution in [-0.4, -0.2) is 22.1 Å². The zero-order chi connectivity index (χ0) is 17.6. The molecule has 0 atom stereocenters. The van der Waals surface area contributed by atoms with Crippen LogP contribution >= 0.6 is 0 Å². The van der Waals surface area contributed by atoms with Crippen molar-refractivity contribution in [2.75, 3.05) is 13.7 Å². The average Bonchev–Trinajstić information content (AvgIpc) is 2.99. The minimum Gasteiger partial charge on any atom is -0.494 e. The molecule has 1 N–H and O–H groups in total. The van der Waals surface area contributed by atoms with Gasteiger partial charge in [0, 0.05) is 10.9 Å². The fraction of sp³-hybridized carbons (Fsp3) is 0.222. The number of hydrogen-bond donors (Lipinski definition) is 1. The molecule has 0 amide bonds. The molecule has 5 nitrogen and oxygen atoms in total. The lowest BCUT2D eigenvalue weighted by molar-refractivity contribution is 0.385. The van der Waals surface area contributed by atoms with E-state index in [4.69, 9.17) is 9.15 Å². The number of nitrogens with one attached hydrogen (secondary N) is 1. The molecule has 0 unspecified atom stereocenters. The first-order chi connectivity index (χ1) is 12.0. The van der Waals surface area contributed by atoms with Crippen LogP contribution in [0.4, 0.5) is 4.39 Å². The van der Waals surface area contributed by atoms with Crippen LogP contribution in [0.3, 0.4) is 0 Å². The van der Waals surface area contributed by atoms with Crippen LogP contribution in [-0.2, 0) is 22.8 Å². The monoisotopic (exact) mass is 361 g/mol. The molecule has 0 saturated heterocycles. The number of fused-ring (bicyclic) bond motifs is 3. The maximum atomic E-state index is 13.9. The summed E-state index contributed by atoms with van der Waals surface area (Å²) in [6.07, 6.45) is 0.781. The van der Waals surface area contributed by atoms with Crippen LogP contribution in [0.5, 0.6) is 5.75 Å². The molecular weight excluding hydrogens is 345 g/mol. The third-order valence-corrected chi connectivity index (χ3v) is 6.18. The summed E-state index contributed by atoms with van der Waals surface area (Å²) in [7, 11) is -2.50. The van der Waals surface area contributed by atoms with E-state index in [-0.39, 0.29) is 15.5 Å². The van der Waals surface area contributed by atoms with Crippen LogP contribution in [0.15, 0.2) is 50.6 Å². The summed E-state index contributed by atoms with van der Waals surface area (Å²) in [6, 6.07) is 8.39. The predicted octanol–water partition coefficient (Wildman–Crippen LogP) is 3.06. The van der Waals surface area contributed by atoms with E-state index < -0.39 is 15.7 Å². The SMILES string of the molecule is COc1ccc(S(=O)(=O)c2ccc3oc4c(c3c2)CCNC4)cc1F. The maximum absolute atomic E-state index is 13.9. The summed E-state index contributed by atoms with van der Waals surface area (Å²) in [5.41, 5.74) is 1.69. The molecule has 1 aliphatic heterocycles. The largest absolute Gasteiger partial charge is 0.494 e. The van der Waals surface area contributed by atoms with Gasteiger partial charge in [-0.2, -0.15) is 0 Å². The number of halogens is 1. The summed E-state index contributed by atoms with van der Waals surface area (Å²) < 4.78 is 50.3. The lowest BCUT2D eigenvalue weighted by Crippen LogP contribution is -2.22. The number of benzene rings is 2. The molecule has 1 aromatic heterocycles. The first kappa shape index (κ1) is 16.1. The third kappa shape index (κ3) is 2.60. The molecule has 7 heteroatoms. The van der Waals surface area contributed by atoms with Crippen molar-refractivity contribution in [2.24, 2.45) is 0 Å². The predicted molar refractivity (Wildman–Crippen MR) is 90.0 cm³/mol. The van der Waals surface area contributed by atoms with Crippen molar-refractivity contribution in [1.29, 1.82) is 0 Å². The Morgan fingerprint density at radius 1 is 1.16 bits per heavy atom. The lowest BCUT2D eigenvalue weighted by atomic mass is 10.1. The van der Waals surface area contributed by atoms with Gasteiger partial charge in [-0.15, -0.1) is 0 Å². The number of furan rings is 1. The van der Waals surface area contributed by atoms with Crippen LogP contribution in [0.25, 0.3) is 11.0 Å². The van der Waals surface area contributed by atoms with E-state index in [9.17, 15) is 12.8 Å². The van der Waals surface area contributed by atoms with Crippen LogP contribution in [0, 0.1) is 5.82 Å². The Morgan fingerprint density at radius 2 is 1.92 bits per heavy atom. The number of rotatable bonds is 3. The second-order valence-electron chi connectivity index (χ2n) is 5.89. The summed E-state index contributed by atoms with van der Waals surface area (Å²) in [6.45, 7) is 1.46. The van der Waals surface area contributed by atoms with Gasteiger partial charge in [0.05, 0.1) is 23.4 Å². The van der Waals surface area contributed by atoms with Crippen LogP contribution < -0.4 is 10.1 Å². The minimum absolute atomic E-state index is 0.00538. The van der Waals surface area contributed by atoms with Gasteiger partial charge in [0.1, 0.15) is 11.3 Å². The Balaban J connectivity index is 1.84. The Labute approximate surface area is 144 Å². The molecule has 1 aliphatic rings. The van der Waals surface area contributed by atoms with Crippen LogP contribution in [0.2, 0.25) is 0 Å². The highest BCUT2D eigenvalue weighted by Crippen LogP contribution is 2.32. The van der Waals surface area contributed by atoms with Gasteiger partial charge >= 0.3 is 0 Å². The standard InChI is InChI=1S/C18H16FNO4S/c1-23-17-5-3-12(9-15(17)19)25(21,22)11-2-4-16-14(8-11)13-6-7-20-10-18(13)24-16/h2-5,8-9,20H,6-7,10H2,1H3. The summed E-state index contributed by atoms with van der Waals surface area (Å²) in [4.78, 5) is 0.0101. The Kier molecular flexibility index (Phi) is 3.77. The van der Waals surface area contributed by atoms with Crippen molar-refractivity contribution in [3.63, 3.8) is 0 Å². The fourth-order valence-corrected chi connectivity index (χ4v) is 4.43. The smallest absolute Gasteiger partial charge is 0.206 e. The Bertz CT molecular complexity index is 1070. The van der Waals surface area contributed by atoms with Crippen molar-refractivity contribution < 1.29 is 22.0 Å². The molecule has 130 valence electrons. The van der Waals surface area contributed by atoms with E-state index in [1.54, 1.807) is 12.1 Å². The molecule has 0 fully saturated rings. The van der Waals surface area contributed by atoms with E-state index in [1.165, 1.54) is 25.3 Å². The summed E-state index contributed by atoms with van der Waals surface area (Å²) in [5, 5.41) is 4.02. The van der Waals surface area contributed by atoms with Crippen molar-refractivity contribution in [2.45, 2.75) is 22.8 Å². The number of hydrogen-bond acceptors (Lipinski definition) is 5. The van der Waals surface area contributed by atoms with E-state index in [0.717, 1.165) is 35.7 Å². The van der Waals surface area contributed by atoms with Gasteiger partial charge in [0.2, 0.25) is 9.84 Å². The zero-order valence-corrected chi connectivity index (χ0v) is 14.3. The van der Waals surface area contributed by atoms with Gasteiger partial charge in [-0.3, -0.25) is 0 Å². The lowest BCUT2D eigenvalue weighted by Gasteiger charge is -2.11. The van der Waals surface area contributed by atoms with E-state index in [1.807, 2.05) is 0 Å². The van der Waals surface area contributed by atoms with Crippen LogP contribution in [0.1, 0.15) is 11.3 Å². The van der Waals surface area contributed by atoms with E-state index in [2.05, 4.69) is 5.32 Å². The molecule has 0 bridgehead atoms. The molecule has 25 heavy (non-hydrogen) atoms. The molecule has 4 rings (SSSR count). The van der Waals surface area contributed by atoms with Gasteiger partial charge in [-0.1, -0.05) is 0 Å². The maximum Gasteiger partial charge on any atom is 0.206 e. The Morgan fingerprint density at radius 3 is 2.68 bits per heavy atom. The Hall–Kier alpha value is -2.38. The van der Waals surface area contributed by atoms with Crippen molar-refractivity contribution >= 4 is 20.8 Å². The van der Waals surface area contributed by atoms with Gasteiger partial charge in [0.25, 0.3) is 0 Å². The molecule has 0 spiro atoms. The number of methoxy groups -OCH3 is 1. The fourth-order valence-electron chi connectivity index (χ4n) is 3.13. The third-order valence-electron chi connectivity index (χ3n) is 4.43. The first-order valence-corrected chi connectivity index (χ1v) is 9.32. The summed E-state index contributed by atoms with van der Waals surface area (Å²) in [5.74, 6) is 0.133. The minimum atomic E-state index is -3.84. The molecule has 0 saturated carbocycles. The van der Waals surface area contributed by atoms with Gasteiger partial charge in [-0.25, -0.2) is 12.8 Å². The molecule has 2 aromatic carbocycles. The van der Waals surface area contributed by atoms with E-state index >= 15 is 0 Å². The van der Waals surface area contributed by atoms with Gasteiger partial charge < -0.3 is 14.5 Å². The molecule has 2 heterocycles. The average molecular weight is 361 g/mol. The van der Waals surface area contributed by atoms with E-state index in [0.29, 0.717) is 12.1 Å². The van der Waals surface area contributed by atoms with Crippen molar-refractivity contribution in [3.8, 4) is 5.75 Å². The highest BCUT2D eigenvalue weighted by atomic mass is 32.2.